The number of nitrogens with zero attached hydrogens (tertiary/aromatic N) is 2. The van der Waals surface area contributed by atoms with Crippen molar-refractivity contribution in [2.45, 2.75) is 32.7 Å². The first-order valence-electron chi connectivity index (χ1n) is 14.7. The zero-order valence-electron chi connectivity index (χ0n) is 24.1. The van der Waals surface area contributed by atoms with E-state index in [1.54, 1.807) is 11.1 Å². The van der Waals surface area contributed by atoms with Crippen LogP contribution in [0.3, 0.4) is 0 Å². The van der Waals surface area contributed by atoms with Crippen molar-refractivity contribution in [2.24, 2.45) is 0 Å². The molecule has 2 atom stereocenters. The van der Waals surface area contributed by atoms with Crippen LogP contribution in [0.1, 0.15) is 44.8 Å². The van der Waals surface area contributed by atoms with Crippen LogP contribution in [0.4, 0.5) is 0 Å². The minimum atomic E-state index is -2.73. The molecule has 2 unspecified atom stereocenters. The molecular formula is C38H34N2Ti. The minimum absolute atomic E-state index is 0.484. The van der Waals surface area contributed by atoms with Crippen molar-refractivity contribution < 1.29 is 16.6 Å². The van der Waals surface area contributed by atoms with Crippen molar-refractivity contribution in [1.29, 1.82) is 0 Å². The van der Waals surface area contributed by atoms with E-state index in [9.17, 15) is 0 Å². The fourth-order valence-corrected chi connectivity index (χ4v) is 16.0. The Hall–Kier alpha value is -3.85. The first-order valence-corrected chi connectivity index (χ1v) is 19.6. The summed E-state index contributed by atoms with van der Waals surface area (Å²) in [4.78, 5) is 0. The monoisotopic (exact) mass is 566 g/mol. The fraction of sp³-hybridized carbons (Fsp3) is 0.158. The molecule has 0 saturated carbocycles. The van der Waals surface area contributed by atoms with E-state index in [-0.39, 0.29) is 0 Å². The van der Waals surface area contributed by atoms with E-state index in [4.69, 9.17) is 0 Å². The SMILES string of the molecule is CC1=Cc2c(c3ccccc3n2-c2ccccc2)[CH]1[Ti]([CH3])([CH3])[CH]1C(C)=Cc2c1c1ccccc1n2-c1ccccc1. The second-order valence-electron chi connectivity index (χ2n) is 12.4. The zero-order chi connectivity index (χ0) is 27.9. The van der Waals surface area contributed by atoms with Crippen LogP contribution in [0.5, 0.6) is 0 Å². The number of fused-ring (bicyclic) bond motifs is 6. The molecule has 4 aromatic carbocycles. The zero-order valence-corrected chi connectivity index (χ0v) is 25.7. The van der Waals surface area contributed by atoms with Gasteiger partial charge in [-0.1, -0.05) is 0 Å². The summed E-state index contributed by atoms with van der Waals surface area (Å²) < 4.78 is 5.96. The molecule has 0 radical (unpaired) electrons. The predicted octanol–water partition coefficient (Wildman–Crippen LogP) is 10.4. The Kier molecular flexibility index (Phi) is 5.52. The predicted molar refractivity (Wildman–Crippen MR) is 171 cm³/mol. The Balaban J connectivity index is 1.35. The molecule has 2 heterocycles. The number of hydrogen-bond donors (Lipinski definition) is 0. The van der Waals surface area contributed by atoms with E-state index in [1.807, 2.05) is 0 Å². The van der Waals surface area contributed by atoms with E-state index in [0.29, 0.717) is 8.45 Å². The van der Waals surface area contributed by atoms with Gasteiger partial charge in [0.05, 0.1) is 0 Å². The Morgan fingerprint density at radius 2 is 0.854 bits per heavy atom. The van der Waals surface area contributed by atoms with Crippen molar-refractivity contribution in [3.63, 3.8) is 0 Å². The van der Waals surface area contributed by atoms with Crippen LogP contribution < -0.4 is 0 Å². The molecule has 3 heteroatoms. The molecule has 0 fully saturated rings. The van der Waals surface area contributed by atoms with Crippen LogP contribution >= 0.6 is 0 Å². The molecule has 0 aliphatic heterocycles. The van der Waals surface area contributed by atoms with Crippen LogP contribution in [0.2, 0.25) is 10.5 Å². The van der Waals surface area contributed by atoms with Crippen molar-refractivity contribution in [3.05, 3.63) is 143 Å². The van der Waals surface area contributed by atoms with Gasteiger partial charge in [0, 0.05) is 0 Å². The van der Waals surface area contributed by atoms with Crippen LogP contribution in [-0.4, -0.2) is 9.13 Å². The summed E-state index contributed by atoms with van der Waals surface area (Å²) >= 11 is -2.73. The van der Waals surface area contributed by atoms with Gasteiger partial charge in [-0.05, 0) is 0 Å². The van der Waals surface area contributed by atoms with Crippen LogP contribution in [0, 0.1) is 0 Å². The van der Waals surface area contributed by atoms with Gasteiger partial charge < -0.3 is 0 Å². The van der Waals surface area contributed by atoms with Crippen molar-refractivity contribution in [1.82, 2.24) is 9.13 Å². The molecule has 6 aromatic rings. The third kappa shape index (κ3) is 3.48. The van der Waals surface area contributed by atoms with E-state index in [0.717, 1.165) is 0 Å². The summed E-state index contributed by atoms with van der Waals surface area (Å²) in [6.07, 6.45) is 5.00. The Labute approximate surface area is 245 Å². The number of allylic oxidation sites excluding steroid dienone is 2. The van der Waals surface area contributed by atoms with E-state index in [2.05, 4.69) is 155 Å². The van der Waals surface area contributed by atoms with Crippen LogP contribution in [0.25, 0.3) is 45.3 Å². The van der Waals surface area contributed by atoms with Crippen molar-refractivity contribution in [3.8, 4) is 11.4 Å². The molecular weight excluding hydrogens is 532 g/mol. The number of aromatic nitrogens is 2. The third-order valence-corrected chi connectivity index (χ3v) is 16.6. The first kappa shape index (κ1) is 24.9. The Morgan fingerprint density at radius 1 is 0.488 bits per heavy atom. The number of hydrogen-bond acceptors (Lipinski definition) is 0. The fourth-order valence-electron chi connectivity index (χ4n) is 8.31. The average molecular weight is 567 g/mol. The van der Waals surface area contributed by atoms with Gasteiger partial charge in [-0.2, -0.15) is 0 Å². The molecule has 0 spiro atoms. The van der Waals surface area contributed by atoms with Gasteiger partial charge in [0.2, 0.25) is 0 Å². The van der Waals surface area contributed by atoms with Crippen LogP contribution in [-0.2, 0) is 16.6 Å². The molecule has 0 bridgehead atoms. The summed E-state index contributed by atoms with van der Waals surface area (Å²) in [5, 5.41) is 8.21. The molecule has 0 N–H and O–H groups in total. The number of para-hydroxylation sites is 4. The van der Waals surface area contributed by atoms with Gasteiger partial charge in [-0.3, -0.25) is 0 Å². The van der Waals surface area contributed by atoms with Gasteiger partial charge in [0.25, 0.3) is 0 Å². The Morgan fingerprint density at radius 3 is 1.27 bits per heavy atom. The second kappa shape index (κ2) is 9.08. The Bertz CT molecular complexity index is 1890. The van der Waals surface area contributed by atoms with Gasteiger partial charge in [-0.15, -0.1) is 0 Å². The summed E-state index contributed by atoms with van der Waals surface area (Å²) in [5.74, 6) is 0. The molecule has 0 amide bonds. The topological polar surface area (TPSA) is 9.86 Å². The molecule has 2 aliphatic rings. The summed E-state index contributed by atoms with van der Waals surface area (Å²) in [6.45, 7) is 4.79. The molecule has 2 nitrogen and oxygen atoms in total. The molecule has 2 aliphatic carbocycles. The standard InChI is InChI=1S/2C18H14N.2CH3.Ti/c2*1-13-11-16-15-9-5-6-10-17(15)19(18(16)12-13)14-7-3-2-4-8-14;;;/h2*2-12H,1H3;2*1H3;. The first-order chi connectivity index (χ1) is 20.0. The van der Waals surface area contributed by atoms with E-state index in [1.165, 1.54) is 55.7 Å². The quantitative estimate of drug-likeness (QED) is 0.188. The van der Waals surface area contributed by atoms with Gasteiger partial charge >= 0.3 is 247 Å². The van der Waals surface area contributed by atoms with Gasteiger partial charge in [-0.25, -0.2) is 0 Å². The normalized spacial score (nSPS) is 18.0. The van der Waals surface area contributed by atoms with Crippen molar-refractivity contribution in [2.75, 3.05) is 0 Å². The summed E-state index contributed by atoms with van der Waals surface area (Å²) in [6, 6.07) is 39.9. The maximum atomic E-state index is 2.69. The van der Waals surface area contributed by atoms with Gasteiger partial charge in [0.1, 0.15) is 0 Å². The molecule has 8 rings (SSSR count). The summed E-state index contributed by atoms with van der Waals surface area (Å²) in [7, 11) is 0. The maximum absolute atomic E-state index is 2.73. The molecule has 41 heavy (non-hydrogen) atoms. The number of rotatable bonds is 4. The van der Waals surface area contributed by atoms with Crippen LogP contribution in [0.15, 0.2) is 120 Å². The third-order valence-electron chi connectivity index (χ3n) is 9.64. The molecule has 2 aromatic heterocycles. The van der Waals surface area contributed by atoms with E-state index >= 15 is 0 Å². The van der Waals surface area contributed by atoms with Gasteiger partial charge in [0.15, 0.2) is 0 Å². The van der Waals surface area contributed by atoms with Crippen molar-refractivity contribution >= 4 is 34.0 Å². The molecule has 0 saturated heterocycles. The second-order valence-corrected chi connectivity index (χ2v) is 19.9. The number of benzene rings is 4. The summed E-state index contributed by atoms with van der Waals surface area (Å²) in [5.41, 5.74) is 14.0. The average Bonchev–Trinajstić information content (AvgIpc) is 3.69. The molecule has 200 valence electrons. The van der Waals surface area contributed by atoms with E-state index < -0.39 is 16.6 Å².